The molecule has 4 nitrogen and oxygen atoms in total. The van der Waals surface area contributed by atoms with Crippen molar-refractivity contribution in [1.29, 1.82) is 0 Å². The third kappa shape index (κ3) is 3.50. The van der Waals surface area contributed by atoms with Crippen LogP contribution < -0.4 is 5.32 Å². The summed E-state index contributed by atoms with van der Waals surface area (Å²) >= 11 is 12.1. The van der Waals surface area contributed by atoms with Gasteiger partial charge in [-0.1, -0.05) is 35.3 Å². The quantitative estimate of drug-likeness (QED) is 0.701. The minimum atomic E-state index is -0.265. The van der Waals surface area contributed by atoms with E-state index in [0.717, 1.165) is 5.56 Å². The summed E-state index contributed by atoms with van der Waals surface area (Å²) in [6.45, 7) is 0. The van der Waals surface area contributed by atoms with Gasteiger partial charge in [0, 0.05) is 23.5 Å². The zero-order chi connectivity index (χ0) is 16.2. The maximum atomic E-state index is 12.2. The van der Waals surface area contributed by atoms with Gasteiger partial charge >= 0.3 is 0 Å². The largest absolute Gasteiger partial charge is 0.319 e. The number of carbonyl (C=O) groups excluding carboxylic acids is 1. The second kappa shape index (κ2) is 6.77. The number of hydrogen-bond acceptors (Lipinski definition) is 3. The van der Waals surface area contributed by atoms with Crippen LogP contribution in [0.4, 0.5) is 5.69 Å². The van der Waals surface area contributed by atoms with Gasteiger partial charge in [-0.05, 0) is 36.4 Å². The summed E-state index contributed by atoms with van der Waals surface area (Å²) in [5, 5.41) is 3.53. The van der Waals surface area contributed by atoms with Gasteiger partial charge in [0.15, 0.2) is 5.15 Å². The summed E-state index contributed by atoms with van der Waals surface area (Å²) in [5.41, 5.74) is 2.49. The van der Waals surface area contributed by atoms with Gasteiger partial charge < -0.3 is 5.32 Å². The van der Waals surface area contributed by atoms with E-state index in [4.69, 9.17) is 23.2 Å². The highest BCUT2D eigenvalue weighted by Crippen LogP contribution is 2.25. The zero-order valence-corrected chi connectivity index (χ0v) is 13.3. The number of rotatable bonds is 3. The number of carbonyl (C=O) groups is 1. The molecular formula is C17H11Cl2N3O. The van der Waals surface area contributed by atoms with Crippen LogP contribution in [0.3, 0.4) is 0 Å². The predicted molar refractivity (Wildman–Crippen MR) is 91.9 cm³/mol. The number of nitrogens with one attached hydrogen (secondary N) is 1. The fourth-order valence-corrected chi connectivity index (χ4v) is 2.45. The molecule has 0 atom stereocenters. The Morgan fingerprint density at radius 1 is 0.913 bits per heavy atom. The number of benzene rings is 1. The minimum Gasteiger partial charge on any atom is -0.319 e. The minimum absolute atomic E-state index is 0.248. The molecule has 0 unspecified atom stereocenters. The summed E-state index contributed by atoms with van der Waals surface area (Å²) < 4.78 is 0. The average molecular weight is 344 g/mol. The molecule has 2 heterocycles. The van der Waals surface area contributed by atoms with Gasteiger partial charge in [0.2, 0.25) is 0 Å². The summed E-state index contributed by atoms with van der Waals surface area (Å²) in [4.78, 5) is 20.4. The van der Waals surface area contributed by atoms with Crippen molar-refractivity contribution in [2.24, 2.45) is 0 Å². The highest BCUT2D eigenvalue weighted by molar-refractivity contribution is 6.33. The Kier molecular flexibility index (Phi) is 4.55. The molecule has 0 saturated heterocycles. The van der Waals surface area contributed by atoms with Crippen molar-refractivity contribution in [3.63, 3.8) is 0 Å². The first-order valence-corrected chi connectivity index (χ1v) is 7.53. The van der Waals surface area contributed by atoms with Crippen molar-refractivity contribution in [1.82, 2.24) is 9.97 Å². The van der Waals surface area contributed by atoms with Crippen molar-refractivity contribution < 1.29 is 4.79 Å². The Bertz CT molecular complexity index is 850. The standard InChI is InChI=1S/C17H11Cl2N3O/c18-13-3-1-9-20-15(13)11-5-7-12(8-6-11)17(23)22-14-4-2-10-21-16(14)19/h1-10H,(H,22,23). The Hall–Kier alpha value is -2.43. The second-order valence-electron chi connectivity index (χ2n) is 4.71. The SMILES string of the molecule is O=C(Nc1cccnc1Cl)c1ccc(-c2ncccc2Cl)cc1. The zero-order valence-electron chi connectivity index (χ0n) is 11.8. The molecule has 23 heavy (non-hydrogen) atoms. The van der Waals surface area contributed by atoms with Crippen molar-refractivity contribution in [2.75, 3.05) is 5.32 Å². The number of hydrogen-bond donors (Lipinski definition) is 1. The first-order valence-electron chi connectivity index (χ1n) is 6.78. The highest BCUT2D eigenvalue weighted by Gasteiger charge is 2.10. The van der Waals surface area contributed by atoms with Crippen molar-refractivity contribution in [3.05, 3.63) is 76.7 Å². The lowest BCUT2D eigenvalue weighted by Gasteiger charge is -2.07. The lowest BCUT2D eigenvalue weighted by molar-refractivity contribution is 0.102. The number of anilines is 1. The van der Waals surface area contributed by atoms with Crippen LogP contribution in [0.25, 0.3) is 11.3 Å². The highest BCUT2D eigenvalue weighted by atomic mass is 35.5. The smallest absolute Gasteiger partial charge is 0.255 e. The summed E-state index contributed by atoms with van der Waals surface area (Å²) in [6.07, 6.45) is 3.23. The lowest BCUT2D eigenvalue weighted by atomic mass is 10.1. The van der Waals surface area contributed by atoms with Crippen LogP contribution in [0.2, 0.25) is 10.2 Å². The van der Waals surface area contributed by atoms with Crippen LogP contribution >= 0.6 is 23.2 Å². The first-order chi connectivity index (χ1) is 11.1. The van der Waals surface area contributed by atoms with Crippen LogP contribution in [0.1, 0.15) is 10.4 Å². The van der Waals surface area contributed by atoms with E-state index in [1.807, 2.05) is 0 Å². The molecule has 0 aliphatic rings. The van der Waals surface area contributed by atoms with Gasteiger partial charge in [-0.3, -0.25) is 9.78 Å². The number of amides is 1. The third-order valence-corrected chi connectivity index (χ3v) is 3.79. The second-order valence-corrected chi connectivity index (χ2v) is 5.47. The van der Waals surface area contributed by atoms with E-state index in [1.165, 1.54) is 0 Å². The lowest BCUT2D eigenvalue weighted by Crippen LogP contribution is -2.12. The normalized spacial score (nSPS) is 10.3. The molecule has 0 aliphatic carbocycles. The molecular weight excluding hydrogens is 333 g/mol. The molecule has 114 valence electrons. The van der Waals surface area contributed by atoms with Gasteiger partial charge in [0.1, 0.15) is 0 Å². The van der Waals surface area contributed by atoms with Crippen molar-refractivity contribution in [3.8, 4) is 11.3 Å². The van der Waals surface area contributed by atoms with E-state index < -0.39 is 0 Å². The van der Waals surface area contributed by atoms with Crippen molar-refractivity contribution >= 4 is 34.8 Å². The van der Waals surface area contributed by atoms with Gasteiger partial charge in [-0.15, -0.1) is 0 Å². The van der Waals surface area contributed by atoms with Crippen LogP contribution in [0.5, 0.6) is 0 Å². The van der Waals surface area contributed by atoms with E-state index in [-0.39, 0.29) is 11.1 Å². The molecule has 1 amide bonds. The fraction of sp³-hybridized carbons (Fsp3) is 0. The predicted octanol–water partition coefficient (Wildman–Crippen LogP) is 4.70. The molecule has 0 fully saturated rings. The summed E-state index contributed by atoms with van der Waals surface area (Å²) in [6, 6.07) is 13.9. The van der Waals surface area contributed by atoms with Crippen LogP contribution in [-0.4, -0.2) is 15.9 Å². The number of halogens is 2. The molecule has 0 spiro atoms. The van der Waals surface area contributed by atoms with Gasteiger partial charge in [-0.25, -0.2) is 4.98 Å². The van der Waals surface area contributed by atoms with E-state index in [1.54, 1.807) is 60.9 Å². The maximum absolute atomic E-state index is 12.2. The summed E-state index contributed by atoms with van der Waals surface area (Å²) in [7, 11) is 0. The van der Waals surface area contributed by atoms with Crippen LogP contribution in [-0.2, 0) is 0 Å². The first kappa shape index (κ1) is 15.5. The number of pyridine rings is 2. The Labute approximate surface area is 143 Å². The molecule has 6 heteroatoms. The molecule has 0 radical (unpaired) electrons. The molecule has 2 aromatic heterocycles. The molecule has 3 rings (SSSR count). The monoisotopic (exact) mass is 343 g/mol. The molecule has 0 bridgehead atoms. The number of aromatic nitrogens is 2. The average Bonchev–Trinajstić information content (AvgIpc) is 2.57. The van der Waals surface area contributed by atoms with E-state index in [0.29, 0.717) is 22.0 Å². The van der Waals surface area contributed by atoms with E-state index in [9.17, 15) is 4.79 Å². The Morgan fingerprint density at radius 3 is 2.30 bits per heavy atom. The van der Waals surface area contributed by atoms with Crippen LogP contribution in [0.15, 0.2) is 60.9 Å². The Morgan fingerprint density at radius 2 is 1.61 bits per heavy atom. The number of nitrogens with zero attached hydrogens (tertiary/aromatic N) is 2. The molecule has 1 N–H and O–H groups in total. The van der Waals surface area contributed by atoms with E-state index >= 15 is 0 Å². The third-order valence-electron chi connectivity index (χ3n) is 3.19. The van der Waals surface area contributed by atoms with Gasteiger partial charge in [0.25, 0.3) is 5.91 Å². The molecule has 0 aliphatic heterocycles. The van der Waals surface area contributed by atoms with Gasteiger partial charge in [0.05, 0.1) is 16.4 Å². The summed E-state index contributed by atoms with van der Waals surface area (Å²) in [5.74, 6) is -0.265. The van der Waals surface area contributed by atoms with E-state index in [2.05, 4.69) is 15.3 Å². The fourth-order valence-electron chi connectivity index (χ4n) is 2.05. The maximum Gasteiger partial charge on any atom is 0.255 e. The molecule has 0 saturated carbocycles. The van der Waals surface area contributed by atoms with Gasteiger partial charge in [-0.2, -0.15) is 0 Å². The van der Waals surface area contributed by atoms with Crippen molar-refractivity contribution in [2.45, 2.75) is 0 Å². The Balaban J connectivity index is 1.81. The van der Waals surface area contributed by atoms with Crippen LogP contribution in [0, 0.1) is 0 Å². The molecule has 3 aromatic rings. The topological polar surface area (TPSA) is 54.9 Å². The molecule has 1 aromatic carbocycles.